The van der Waals surface area contributed by atoms with Crippen molar-refractivity contribution < 1.29 is 22.7 Å². The molecule has 0 fully saturated rings. The van der Waals surface area contributed by atoms with E-state index in [9.17, 15) is 18.0 Å². The maximum absolute atomic E-state index is 12.5. The normalized spacial score (nSPS) is 12.9. The van der Waals surface area contributed by atoms with Crippen LogP contribution in [0.4, 0.5) is 0 Å². The Balaban J connectivity index is 2.67. The third-order valence-corrected chi connectivity index (χ3v) is 4.69. The zero-order chi connectivity index (χ0) is 20.8. The fraction of sp³-hybridized carbons (Fsp3) is 0.579. The van der Waals surface area contributed by atoms with Crippen LogP contribution in [0.2, 0.25) is 0 Å². The van der Waals surface area contributed by atoms with Gasteiger partial charge >= 0.3 is 5.97 Å². The summed E-state index contributed by atoms with van der Waals surface area (Å²) in [5.41, 5.74) is 1.23. The summed E-state index contributed by atoms with van der Waals surface area (Å²) >= 11 is 0. The predicted molar refractivity (Wildman–Crippen MR) is 105 cm³/mol. The molecule has 152 valence electrons. The summed E-state index contributed by atoms with van der Waals surface area (Å²) in [6.07, 6.45) is 0.740. The van der Waals surface area contributed by atoms with Gasteiger partial charge in [0.25, 0.3) is 5.91 Å². The second-order valence-electron chi connectivity index (χ2n) is 7.09. The second kappa shape index (κ2) is 9.85. The molecule has 0 saturated carbocycles. The average Bonchev–Trinajstić information content (AvgIpc) is 2.53. The lowest BCUT2D eigenvalue weighted by molar-refractivity contribution is -0.143. The van der Waals surface area contributed by atoms with E-state index >= 15 is 0 Å². The van der Waals surface area contributed by atoms with Crippen LogP contribution in [0, 0.1) is 0 Å². The summed E-state index contributed by atoms with van der Waals surface area (Å²) in [5.74, 6) is -0.791. The Bertz CT molecular complexity index is 734. The maximum Gasteiger partial charge on any atom is 0.338 e. The molecule has 1 aromatic carbocycles. The Morgan fingerprint density at radius 1 is 1.04 bits per heavy atom. The smallest absolute Gasteiger partial charge is 0.338 e. The Hall–Kier alpha value is -1.93. The zero-order valence-electron chi connectivity index (χ0n) is 16.9. The number of sulfonamides is 1. The van der Waals surface area contributed by atoms with Gasteiger partial charge in [-0.25, -0.2) is 17.9 Å². The molecule has 1 atom stereocenters. The minimum absolute atomic E-state index is 0.0125. The fourth-order valence-electron chi connectivity index (χ4n) is 2.78. The van der Waals surface area contributed by atoms with Crippen molar-refractivity contribution in [2.75, 3.05) is 12.8 Å². The molecule has 0 aliphatic heterocycles. The number of benzene rings is 1. The molecular weight excluding hydrogens is 368 g/mol. The van der Waals surface area contributed by atoms with E-state index in [4.69, 9.17) is 4.74 Å². The molecular formula is C19H30N2O5S. The largest absolute Gasteiger partial charge is 0.449 e. The van der Waals surface area contributed by atoms with Crippen LogP contribution in [-0.4, -0.2) is 56.2 Å². The number of carbonyl (C=O) groups is 2. The summed E-state index contributed by atoms with van der Waals surface area (Å²) in [7, 11) is -3.22. The lowest BCUT2D eigenvalue weighted by atomic mass is 10.1. The highest BCUT2D eigenvalue weighted by Crippen LogP contribution is 2.12. The quantitative estimate of drug-likeness (QED) is 0.642. The zero-order valence-corrected chi connectivity index (χ0v) is 17.7. The lowest BCUT2D eigenvalue weighted by Gasteiger charge is -2.32. The van der Waals surface area contributed by atoms with Gasteiger partial charge in [-0.05, 0) is 58.7 Å². The molecule has 7 nitrogen and oxygen atoms in total. The third-order valence-electron chi connectivity index (χ3n) is 3.97. The van der Waals surface area contributed by atoms with E-state index in [1.165, 1.54) is 0 Å². The van der Waals surface area contributed by atoms with Crippen LogP contribution in [0.3, 0.4) is 0 Å². The molecule has 1 aromatic rings. The Morgan fingerprint density at radius 2 is 1.56 bits per heavy atom. The molecule has 0 spiro atoms. The Labute approximate surface area is 162 Å². The van der Waals surface area contributed by atoms with Crippen molar-refractivity contribution >= 4 is 21.9 Å². The molecule has 1 unspecified atom stereocenters. The van der Waals surface area contributed by atoms with Crippen molar-refractivity contribution in [3.8, 4) is 0 Å². The molecule has 0 aliphatic carbocycles. The molecule has 0 radical (unpaired) electrons. The number of amides is 1. The van der Waals surface area contributed by atoms with Crippen LogP contribution in [-0.2, 0) is 26.0 Å². The molecule has 0 heterocycles. The monoisotopic (exact) mass is 398 g/mol. The Morgan fingerprint density at radius 3 is 2.00 bits per heavy atom. The minimum atomic E-state index is -3.22. The maximum atomic E-state index is 12.5. The summed E-state index contributed by atoms with van der Waals surface area (Å²) in [5, 5.41) is 0. The van der Waals surface area contributed by atoms with Gasteiger partial charge in [0.05, 0.1) is 11.8 Å². The molecule has 0 aromatic heterocycles. The topological polar surface area (TPSA) is 92.8 Å². The molecule has 1 N–H and O–H groups in total. The summed E-state index contributed by atoms with van der Waals surface area (Å²) < 4.78 is 29.8. The van der Waals surface area contributed by atoms with Gasteiger partial charge in [-0.1, -0.05) is 12.1 Å². The summed E-state index contributed by atoms with van der Waals surface area (Å²) in [4.78, 5) is 26.5. The van der Waals surface area contributed by atoms with Gasteiger partial charge < -0.3 is 9.64 Å². The van der Waals surface area contributed by atoms with Crippen LogP contribution in [0.15, 0.2) is 24.3 Å². The van der Waals surface area contributed by atoms with Gasteiger partial charge in [0.1, 0.15) is 0 Å². The first-order chi connectivity index (χ1) is 12.4. The van der Waals surface area contributed by atoms with Crippen LogP contribution in [0.25, 0.3) is 0 Å². The van der Waals surface area contributed by atoms with Gasteiger partial charge in [0.15, 0.2) is 6.10 Å². The second-order valence-corrected chi connectivity index (χ2v) is 8.93. The number of hydrogen-bond donors (Lipinski definition) is 1. The highest BCUT2D eigenvalue weighted by atomic mass is 32.2. The van der Waals surface area contributed by atoms with Crippen LogP contribution >= 0.6 is 0 Å². The van der Waals surface area contributed by atoms with Crippen LogP contribution in [0.5, 0.6) is 0 Å². The van der Waals surface area contributed by atoms with E-state index in [0.29, 0.717) is 12.0 Å². The molecule has 1 rings (SSSR count). The number of hydrogen-bond acceptors (Lipinski definition) is 5. The molecule has 0 saturated heterocycles. The van der Waals surface area contributed by atoms with E-state index in [2.05, 4.69) is 4.72 Å². The number of nitrogens with one attached hydrogen (secondary N) is 1. The molecule has 1 amide bonds. The van der Waals surface area contributed by atoms with E-state index in [1.807, 2.05) is 27.7 Å². The predicted octanol–water partition coefficient (Wildman–Crippen LogP) is 1.97. The van der Waals surface area contributed by atoms with Gasteiger partial charge in [0.2, 0.25) is 10.0 Å². The summed E-state index contributed by atoms with van der Waals surface area (Å²) in [6, 6.07) is 6.72. The van der Waals surface area contributed by atoms with Gasteiger partial charge in [0, 0.05) is 18.6 Å². The van der Waals surface area contributed by atoms with Crippen molar-refractivity contribution in [2.24, 2.45) is 0 Å². The number of rotatable bonds is 9. The number of ether oxygens (including phenoxy) is 1. The van der Waals surface area contributed by atoms with E-state index in [-0.39, 0.29) is 24.5 Å². The van der Waals surface area contributed by atoms with Gasteiger partial charge in [-0.3, -0.25) is 4.79 Å². The minimum Gasteiger partial charge on any atom is -0.449 e. The van der Waals surface area contributed by atoms with E-state index in [1.54, 1.807) is 36.1 Å². The summed E-state index contributed by atoms with van der Waals surface area (Å²) in [6.45, 7) is 9.54. The lowest BCUT2D eigenvalue weighted by Crippen LogP contribution is -2.47. The number of carbonyl (C=O) groups excluding carboxylic acids is 2. The van der Waals surface area contributed by atoms with Crippen molar-refractivity contribution in [2.45, 2.75) is 59.2 Å². The Kier molecular flexibility index (Phi) is 8.43. The molecule has 0 aliphatic rings. The van der Waals surface area contributed by atoms with Crippen LogP contribution < -0.4 is 4.72 Å². The standard InChI is InChI=1S/C19H30N2O5S/c1-13(2)21(14(3)4)18(22)15(5)26-19(23)17-9-7-16(8-10-17)11-12-20-27(6,24)25/h7-10,13-15,20H,11-12H2,1-6H3. The fourth-order valence-corrected chi connectivity index (χ4v) is 3.26. The van der Waals surface area contributed by atoms with E-state index in [0.717, 1.165) is 11.8 Å². The highest BCUT2D eigenvalue weighted by Gasteiger charge is 2.27. The van der Waals surface area contributed by atoms with Gasteiger partial charge in [-0.15, -0.1) is 0 Å². The molecule has 27 heavy (non-hydrogen) atoms. The average molecular weight is 399 g/mol. The molecule has 0 bridgehead atoms. The first kappa shape index (κ1) is 23.1. The SMILES string of the molecule is CC(OC(=O)c1ccc(CCNS(C)(=O)=O)cc1)C(=O)N(C(C)C)C(C)C. The number of nitrogens with zero attached hydrogens (tertiary/aromatic N) is 1. The van der Waals surface area contributed by atoms with Gasteiger partial charge in [-0.2, -0.15) is 0 Å². The first-order valence-electron chi connectivity index (χ1n) is 8.99. The van der Waals surface area contributed by atoms with E-state index < -0.39 is 22.1 Å². The third kappa shape index (κ3) is 7.68. The van der Waals surface area contributed by atoms with Crippen LogP contribution in [0.1, 0.15) is 50.5 Å². The van der Waals surface area contributed by atoms with Crippen molar-refractivity contribution in [3.63, 3.8) is 0 Å². The van der Waals surface area contributed by atoms with Crippen molar-refractivity contribution in [3.05, 3.63) is 35.4 Å². The van der Waals surface area contributed by atoms with Crippen molar-refractivity contribution in [1.82, 2.24) is 9.62 Å². The molecule has 8 heteroatoms. The first-order valence-corrected chi connectivity index (χ1v) is 10.9. The number of esters is 1. The highest BCUT2D eigenvalue weighted by molar-refractivity contribution is 7.88. The van der Waals surface area contributed by atoms with Crippen molar-refractivity contribution in [1.29, 1.82) is 0 Å².